The number of fused-ring (bicyclic) bond motifs is 1. The van der Waals surface area contributed by atoms with Crippen LogP contribution in [-0.2, 0) is 10.0 Å². The number of nitrogens with two attached hydrogens (primary N) is 1. The van der Waals surface area contributed by atoms with E-state index in [9.17, 15) is 8.42 Å². The van der Waals surface area contributed by atoms with Gasteiger partial charge in [-0.2, -0.15) is 0 Å². The Hall–Kier alpha value is -1.50. The van der Waals surface area contributed by atoms with Crippen LogP contribution < -0.4 is 10.5 Å². The first-order valence-electron chi connectivity index (χ1n) is 8.09. The molecule has 0 aliphatic heterocycles. The second-order valence-electron chi connectivity index (χ2n) is 6.29. The Morgan fingerprint density at radius 1 is 1.26 bits per heavy atom. The van der Waals surface area contributed by atoms with Gasteiger partial charge in [0.15, 0.2) is 0 Å². The first kappa shape index (κ1) is 16.4. The quantitative estimate of drug-likeness (QED) is 0.899. The van der Waals surface area contributed by atoms with E-state index in [0.717, 1.165) is 36.8 Å². The number of aromatic nitrogens is 1. The molecule has 1 saturated carbocycles. The molecule has 1 fully saturated rings. The van der Waals surface area contributed by atoms with Gasteiger partial charge in [0.25, 0.3) is 0 Å². The second-order valence-corrected chi connectivity index (χ2v) is 7.97. The SMILES string of the molecule is Cc1ccc(S(=O)(=O)NC2CCCCC2CN)c2cccnc12. The molecule has 0 radical (unpaired) electrons. The minimum absolute atomic E-state index is 0.0771. The fourth-order valence-corrected chi connectivity index (χ4v) is 4.97. The molecule has 5 nitrogen and oxygen atoms in total. The van der Waals surface area contributed by atoms with Crippen LogP contribution in [0, 0.1) is 12.8 Å². The highest BCUT2D eigenvalue weighted by Crippen LogP contribution is 2.28. The summed E-state index contributed by atoms with van der Waals surface area (Å²) >= 11 is 0. The lowest BCUT2D eigenvalue weighted by Crippen LogP contribution is -2.44. The lowest BCUT2D eigenvalue weighted by molar-refractivity contribution is 0.296. The summed E-state index contributed by atoms with van der Waals surface area (Å²) in [6.45, 7) is 2.45. The van der Waals surface area contributed by atoms with E-state index in [1.807, 2.05) is 19.1 Å². The van der Waals surface area contributed by atoms with Gasteiger partial charge in [-0.1, -0.05) is 18.9 Å². The van der Waals surface area contributed by atoms with Crippen LogP contribution in [0.25, 0.3) is 10.9 Å². The highest BCUT2D eigenvalue weighted by Gasteiger charge is 2.29. The number of hydrogen-bond acceptors (Lipinski definition) is 4. The van der Waals surface area contributed by atoms with Gasteiger partial charge in [-0.05, 0) is 56.0 Å². The summed E-state index contributed by atoms with van der Waals surface area (Å²) in [6, 6.07) is 6.98. The van der Waals surface area contributed by atoms with Crippen molar-refractivity contribution in [3.05, 3.63) is 36.0 Å². The van der Waals surface area contributed by atoms with Crippen LogP contribution in [-0.4, -0.2) is 26.0 Å². The molecule has 1 aliphatic carbocycles. The molecule has 1 aromatic carbocycles. The van der Waals surface area contributed by atoms with Gasteiger partial charge in [-0.3, -0.25) is 4.98 Å². The van der Waals surface area contributed by atoms with Crippen molar-refractivity contribution < 1.29 is 8.42 Å². The molecular weight excluding hydrogens is 310 g/mol. The average Bonchev–Trinajstić information content (AvgIpc) is 2.55. The normalized spacial score (nSPS) is 22.3. The standard InChI is InChI=1S/C17H23N3O2S/c1-12-8-9-16(14-6-4-10-19-17(12)14)23(21,22)20-15-7-3-2-5-13(15)11-18/h4,6,8-10,13,15,20H,2-3,5,7,11,18H2,1H3. The Labute approximate surface area is 137 Å². The molecule has 1 heterocycles. The summed E-state index contributed by atoms with van der Waals surface area (Å²) in [5.74, 6) is 0.216. The smallest absolute Gasteiger partial charge is 0.241 e. The Morgan fingerprint density at radius 3 is 2.83 bits per heavy atom. The summed E-state index contributed by atoms with van der Waals surface area (Å²) < 4.78 is 28.7. The predicted molar refractivity (Wildman–Crippen MR) is 91.6 cm³/mol. The third kappa shape index (κ3) is 3.24. The molecule has 0 amide bonds. The van der Waals surface area contributed by atoms with E-state index in [0.29, 0.717) is 16.8 Å². The van der Waals surface area contributed by atoms with E-state index in [1.54, 1.807) is 18.3 Å². The molecule has 0 bridgehead atoms. The Bertz CT molecular complexity index is 805. The van der Waals surface area contributed by atoms with E-state index in [2.05, 4.69) is 9.71 Å². The molecule has 2 aromatic rings. The zero-order valence-electron chi connectivity index (χ0n) is 13.3. The molecule has 124 valence electrons. The lowest BCUT2D eigenvalue weighted by Gasteiger charge is -2.31. The van der Waals surface area contributed by atoms with Gasteiger partial charge in [0.2, 0.25) is 10.0 Å². The molecule has 2 unspecified atom stereocenters. The van der Waals surface area contributed by atoms with Crippen LogP contribution in [0.1, 0.15) is 31.2 Å². The number of rotatable bonds is 4. The fraction of sp³-hybridized carbons (Fsp3) is 0.471. The molecule has 1 aromatic heterocycles. The number of benzene rings is 1. The summed E-state index contributed by atoms with van der Waals surface area (Å²) in [5.41, 5.74) is 7.52. The number of nitrogens with one attached hydrogen (secondary N) is 1. The topological polar surface area (TPSA) is 85.1 Å². The molecule has 2 atom stereocenters. The van der Waals surface area contributed by atoms with Crippen molar-refractivity contribution in [2.45, 2.75) is 43.5 Å². The van der Waals surface area contributed by atoms with Crippen LogP contribution >= 0.6 is 0 Å². The molecule has 3 N–H and O–H groups in total. The monoisotopic (exact) mass is 333 g/mol. The summed E-state index contributed by atoms with van der Waals surface area (Å²) in [5, 5.41) is 0.667. The number of pyridine rings is 1. The molecule has 6 heteroatoms. The van der Waals surface area contributed by atoms with Gasteiger partial charge >= 0.3 is 0 Å². The first-order chi connectivity index (χ1) is 11.0. The summed E-state index contributed by atoms with van der Waals surface area (Å²) in [4.78, 5) is 4.62. The lowest BCUT2D eigenvalue weighted by atomic mass is 9.85. The van der Waals surface area contributed by atoms with E-state index in [4.69, 9.17) is 5.73 Å². The van der Waals surface area contributed by atoms with Crippen molar-refractivity contribution in [1.82, 2.24) is 9.71 Å². The fourth-order valence-electron chi connectivity index (χ4n) is 3.43. The van der Waals surface area contributed by atoms with E-state index >= 15 is 0 Å². The number of nitrogens with zero attached hydrogens (tertiary/aromatic N) is 1. The van der Waals surface area contributed by atoms with Crippen molar-refractivity contribution in [3.63, 3.8) is 0 Å². The average molecular weight is 333 g/mol. The number of hydrogen-bond donors (Lipinski definition) is 2. The minimum atomic E-state index is -3.59. The largest absolute Gasteiger partial charge is 0.330 e. The van der Waals surface area contributed by atoms with E-state index in [1.165, 1.54) is 0 Å². The van der Waals surface area contributed by atoms with Crippen molar-refractivity contribution >= 4 is 20.9 Å². The predicted octanol–water partition coefficient (Wildman–Crippen LogP) is 2.34. The van der Waals surface area contributed by atoms with Gasteiger partial charge in [0.1, 0.15) is 0 Å². The molecule has 0 spiro atoms. The van der Waals surface area contributed by atoms with Crippen molar-refractivity contribution in [2.75, 3.05) is 6.54 Å². The van der Waals surface area contributed by atoms with Crippen LogP contribution in [0.4, 0.5) is 0 Å². The third-order valence-corrected chi connectivity index (χ3v) is 6.29. The maximum absolute atomic E-state index is 12.9. The molecular formula is C17H23N3O2S. The molecule has 0 saturated heterocycles. The van der Waals surface area contributed by atoms with Crippen LogP contribution in [0.2, 0.25) is 0 Å². The van der Waals surface area contributed by atoms with E-state index < -0.39 is 10.0 Å². The van der Waals surface area contributed by atoms with E-state index in [-0.39, 0.29) is 12.0 Å². The Kier molecular flexibility index (Phi) is 4.66. The zero-order valence-corrected chi connectivity index (χ0v) is 14.1. The molecule has 1 aliphatic rings. The van der Waals surface area contributed by atoms with Gasteiger partial charge in [0, 0.05) is 17.6 Å². The molecule has 23 heavy (non-hydrogen) atoms. The highest BCUT2D eigenvalue weighted by molar-refractivity contribution is 7.89. The Balaban J connectivity index is 1.98. The van der Waals surface area contributed by atoms with Crippen molar-refractivity contribution in [2.24, 2.45) is 11.7 Å². The second kappa shape index (κ2) is 6.55. The Morgan fingerprint density at radius 2 is 2.04 bits per heavy atom. The zero-order chi connectivity index (χ0) is 16.4. The summed E-state index contributed by atoms with van der Waals surface area (Å²) in [6.07, 6.45) is 5.69. The highest BCUT2D eigenvalue weighted by atomic mass is 32.2. The van der Waals surface area contributed by atoms with Gasteiger partial charge in [-0.25, -0.2) is 13.1 Å². The number of sulfonamides is 1. The van der Waals surface area contributed by atoms with Crippen LogP contribution in [0.5, 0.6) is 0 Å². The van der Waals surface area contributed by atoms with Crippen molar-refractivity contribution in [3.8, 4) is 0 Å². The first-order valence-corrected chi connectivity index (χ1v) is 9.58. The maximum Gasteiger partial charge on any atom is 0.241 e. The maximum atomic E-state index is 12.9. The van der Waals surface area contributed by atoms with Crippen LogP contribution in [0.15, 0.2) is 35.4 Å². The van der Waals surface area contributed by atoms with Gasteiger partial charge < -0.3 is 5.73 Å². The minimum Gasteiger partial charge on any atom is -0.330 e. The summed E-state index contributed by atoms with van der Waals surface area (Å²) in [7, 11) is -3.59. The van der Waals surface area contributed by atoms with Crippen LogP contribution in [0.3, 0.4) is 0 Å². The van der Waals surface area contributed by atoms with Crippen molar-refractivity contribution in [1.29, 1.82) is 0 Å². The van der Waals surface area contributed by atoms with Gasteiger partial charge in [0.05, 0.1) is 10.4 Å². The number of aryl methyl sites for hydroxylation is 1. The van der Waals surface area contributed by atoms with Gasteiger partial charge in [-0.15, -0.1) is 0 Å². The molecule has 3 rings (SSSR count). The third-order valence-electron chi connectivity index (χ3n) is 4.74.